The molecule has 1 aromatic carbocycles. The lowest BCUT2D eigenvalue weighted by atomic mass is 9.88. The Kier molecular flexibility index (Phi) is 4.43. The minimum atomic E-state index is -1.04. The predicted octanol–water partition coefficient (Wildman–Crippen LogP) is 2.72. The lowest BCUT2D eigenvalue weighted by Gasteiger charge is -2.26. The molecule has 0 fully saturated rings. The molecule has 0 N–H and O–H groups in total. The van der Waals surface area contributed by atoms with E-state index in [2.05, 4.69) is 0 Å². The van der Waals surface area contributed by atoms with E-state index in [-0.39, 0.29) is 18.3 Å². The quantitative estimate of drug-likeness (QED) is 0.822. The van der Waals surface area contributed by atoms with E-state index in [9.17, 15) is 9.18 Å². The summed E-state index contributed by atoms with van der Waals surface area (Å²) in [6.07, 6.45) is 0.434. The lowest BCUT2D eigenvalue weighted by Crippen LogP contribution is -2.38. The maximum Gasteiger partial charge on any atom is 0.242 e. The minimum absolute atomic E-state index is 0.169. The number of benzene rings is 1. The number of hydrogen-bond donors (Lipinski definition) is 0. The normalized spacial score (nSPS) is 13.5. The molecule has 1 atom stereocenters. The van der Waals surface area contributed by atoms with Crippen LogP contribution in [0.2, 0.25) is 0 Å². The zero-order valence-corrected chi connectivity index (χ0v) is 10.9. The lowest BCUT2D eigenvalue weighted by molar-refractivity contribution is -0.137. The Balaban J connectivity index is 2.85. The van der Waals surface area contributed by atoms with Crippen molar-refractivity contribution in [2.75, 3.05) is 7.05 Å². The second kappa shape index (κ2) is 5.63. The van der Waals surface area contributed by atoms with Crippen LogP contribution >= 0.6 is 0 Å². The number of nitrogens with zero attached hydrogens (tertiary/aromatic N) is 2. The van der Waals surface area contributed by atoms with Gasteiger partial charge in [0.1, 0.15) is 11.2 Å². The van der Waals surface area contributed by atoms with E-state index >= 15 is 0 Å². The van der Waals surface area contributed by atoms with Crippen molar-refractivity contribution < 1.29 is 9.18 Å². The van der Waals surface area contributed by atoms with Crippen LogP contribution in [0.25, 0.3) is 0 Å². The average Bonchev–Trinajstić information content (AvgIpc) is 2.39. The number of amides is 1. The van der Waals surface area contributed by atoms with Gasteiger partial charge in [0, 0.05) is 19.2 Å². The number of rotatable bonds is 4. The first kappa shape index (κ1) is 14.2. The molecule has 96 valence electrons. The van der Waals surface area contributed by atoms with Crippen LogP contribution in [-0.4, -0.2) is 17.9 Å². The van der Waals surface area contributed by atoms with Crippen molar-refractivity contribution >= 4 is 5.91 Å². The van der Waals surface area contributed by atoms with Gasteiger partial charge in [-0.05, 0) is 19.4 Å². The summed E-state index contributed by atoms with van der Waals surface area (Å²) in [7, 11) is 1.58. The third kappa shape index (κ3) is 2.86. The Morgan fingerprint density at radius 2 is 2.11 bits per heavy atom. The summed E-state index contributed by atoms with van der Waals surface area (Å²) in [5, 5.41) is 9.05. The van der Waals surface area contributed by atoms with Gasteiger partial charge in [0.25, 0.3) is 0 Å². The summed E-state index contributed by atoms with van der Waals surface area (Å²) in [5.74, 6) is -0.622. The fraction of sp³-hybridized carbons (Fsp3) is 0.429. The molecule has 3 nitrogen and oxygen atoms in total. The first-order chi connectivity index (χ1) is 8.44. The third-order valence-electron chi connectivity index (χ3n) is 3.14. The van der Waals surface area contributed by atoms with E-state index in [1.54, 1.807) is 39.1 Å². The second-order valence-electron chi connectivity index (χ2n) is 4.55. The highest BCUT2D eigenvalue weighted by atomic mass is 19.1. The highest BCUT2D eigenvalue weighted by Gasteiger charge is 2.33. The van der Waals surface area contributed by atoms with Crippen LogP contribution in [0, 0.1) is 22.6 Å². The molecule has 1 aromatic rings. The van der Waals surface area contributed by atoms with Crippen LogP contribution in [0.15, 0.2) is 24.3 Å². The first-order valence-corrected chi connectivity index (χ1v) is 5.85. The van der Waals surface area contributed by atoms with Gasteiger partial charge >= 0.3 is 0 Å². The van der Waals surface area contributed by atoms with E-state index in [0.717, 1.165) is 0 Å². The van der Waals surface area contributed by atoms with Crippen molar-refractivity contribution in [1.29, 1.82) is 5.26 Å². The Bertz CT molecular complexity index is 481. The Labute approximate surface area is 107 Å². The summed E-state index contributed by atoms with van der Waals surface area (Å²) in [5.41, 5.74) is -0.593. The smallest absolute Gasteiger partial charge is 0.242 e. The van der Waals surface area contributed by atoms with Gasteiger partial charge in [0.05, 0.1) is 6.07 Å². The Morgan fingerprint density at radius 3 is 2.61 bits per heavy atom. The highest BCUT2D eigenvalue weighted by molar-refractivity contribution is 5.84. The molecule has 0 aliphatic carbocycles. The molecule has 0 radical (unpaired) electrons. The van der Waals surface area contributed by atoms with Crippen molar-refractivity contribution in [3.63, 3.8) is 0 Å². The SMILES string of the molecule is CCC(C)(C#N)C(=O)N(C)Cc1ccccc1F. The summed E-state index contributed by atoms with van der Waals surface area (Å²) in [4.78, 5) is 13.5. The number of halogens is 1. The van der Waals surface area contributed by atoms with E-state index in [1.807, 2.05) is 6.07 Å². The summed E-state index contributed by atoms with van der Waals surface area (Å²) >= 11 is 0. The molecule has 0 heterocycles. The number of nitriles is 1. The van der Waals surface area contributed by atoms with Crippen LogP contribution < -0.4 is 0 Å². The van der Waals surface area contributed by atoms with Gasteiger partial charge in [-0.15, -0.1) is 0 Å². The van der Waals surface area contributed by atoms with Gasteiger partial charge in [0.2, 0.25) is 5.91 Å². The van der Waals surface area contributed by atoms with Crippen molar-refractivity contribution in [2.45, 2.75) is 26.8 Å². The summed E-state index contributed by atoms with van der Waals surface area (Å²) in [6.45, 7) is 3.56. The van der Waals surface area contributed by atoms with Crippen molar-refractivity contribution in [3.05, 3.63) is 35.6 Å². The fourth-order valence-corrected chi connectivity index (χ4v) is 1.65. The van der Waals surface area contributed by atoms with Crippen molar-refractivity contribution in [2.24, 2.45) is 5.41 Å². The maximum absolute atomic E-state index is 13.5. The number of hydrogen-bond acceptors (Lipinski definition) is 2. The van der Waals surface area contributed by atoms with E-state index in [1.165, 1.54) is 11.0 Å². The maximum atomic E-state index is 13.5. The first-order valence-electron chi connectivity index (χ1n) is 5.85. The van der Waals surface area contributed by atoms with Crippen molar-refractivity contribution in [1.82, 2.24) is 4.90 Å². The van der Waals surface area contributed by atoms with E-state index < -0.39 is 5.41 Å². The zero-order chi connectivity index (χ0) is 13.8. The fourth-order valence-electron chi connectivity index (χ4n) is 1.65. The monoisotopic (exact) mass is 248 g/mol. The third-order valence-corrected chi connectivity index (χ3v) is 3.14. The molecule has 4 heteroatoms. The topological polar surface area (TPSA) is 44.1 Å². The molecule has 0 aliphatic heterocycles. The molecule has 0 bridgehead atoms. The van der Waals surface area contributed by atoms with E-state index in [0.29, 0.717) is 12.0 Å². The molecule has 0 spiro atoms. The standard InChI is InChI=1S/C14H17FN2O/c1-4-14(2,10-16)13(18)17(3)9-11-7-5-6-8-12(11)15/h5-8H,4,9H2,1-3H3. The van der Waals surface area contributed by atoms with Crippen LogP contribution in [0.5, 0.6) is 0 Å². The molecular weight excluding hydrogens is 231 g/mol. The Morgan fingerprint density at radius 1 is 1.50 bits per heavy atom. The van der Waals surface area contributed by atoms with Gasteiger partial charge in [0.15, 0.2) is 0 Å². The van der Waals surface area contributed by atoms with Gasteiger partial charge in [-0.2, -0.15) is 5.26 Å². The average molecular weight is 248 g/mol. The van der Waals surface area contributed by atoms with Crippen LogP contribution in [0.4, 0.5) is 4.39 Å². The summed E-state index contributed by atoms with van der Waals surface area (Å²) < 4.78 is 13.5. The number of carbonyl (C=O) groups is 1. The van der Waals surface area contributed by atoms with E-state index in [4.69, 9.17) is 5.26 Å². The predicted molar refractivity (Wildman–Crippen MR) is 66.9 cm³/mol. The molecule has 0 aromatic heterocycles. The molecule has 1 unspecified atom stereocenters. The van der Waals surface area contributed by atoms with Crippen LogP contribution in [0.3, 0.4) is 0 Å². The Hall–Kier alpha value is -1.89. The molecule has 0 saturated heterocycles. The van der Waals surface area contributed by atoms with Gasteiger partial charge in [-0.25, -0.2) is 4.39 Å². The molecular formula is C14H17FN2O. The van der Waals surface area contributed by atoms with Gasteiger partial charge < -0.3 is 4.90 Å². The largest absolute Gasteiger partial charge is 0.340 e. The molecule has 1 rings (SSSR count). The zero-order valence-electron chi connectivity index (χ0n) is 10.9. The number of carbonyl (C=O) groups excluding carboxylic acids is 1. The van der Waals surface area contributed by atoms with Gasteiger partial charge in [-0.1, -0.05) is 25.1 Å². The van der Waals surface area contributed by atoms with Crippen LogP contribution in [0.1, 0.15) is 25.8 Å². The molecule has 0 aliphatic rings. The highest BCUT2D eigenvalue weighted by Crippen LogP contribution is 2.23. The molecule has 18 heavy (non-hydrogen) atoms. The minimum Gasteiger partial charge on any atom is -0.340 e. The molecule has 0 saturated carbocycles. The molecule has 1 amide bonds. The second-order valence-corrected chi connectivity index (χ2v) is 4.55. The van der Waals surface area contributed by atoms with Gasteiger partial charge in [-0.3, -0.25) is 4.79 Å². The van der Waals surface area contributed by atoms with Crippen LogP contribution in [-0.2, 0) is 11.3 Å². The van der Waals surface area contributed by atoms with Crippen molar-refractivity contribution in [3.8, 4) is 6.07 Å². The summed E-state index contributed by atoms with van der Waals surface area (Å²) in [6, 6.07) is 8.34.